The monoisotopic (exact) mass is 184 g/mol. The minimum atomic E-state index is 0.747. The number of nitrogens with zero attached hydrogens (tertiary/aromatic N) is 1. The molecule has 0 saturated carbocycles. The molecule has 0 spiro atoms. The van der Waals surface area contributed by atoms with Gasteiger partial charge in [-0.1, -0.05) is 13.3 Å². The number of hydrogen-bond donors (Lipinski definition) is 1. The van der Waals surface area contributed by atoms with Gasteiger partial charge in [-0.3, -0.25) is 4.90 Å². The molecule has 0 amide bonds. The fraction of sp³-hybridized carbons (Fsp3) is 1.00. The lowest BCUT2D eigenvalue weighted by Gasteiger charge is -2.39. The Kier molecular flexibility index (Phi) is 4.74. The summed E-state index contributed by atoms with van der Waals surface area (Å²) >= 11 is 0. The second-order valence-electron chi connectivity index (χ2n) is 4.22. The number of hydrogen-bond acceptors (Lipinski definition) is 2. The average molecular weight is 184 g/mol. The van der Waals surface area contributed by atoms with E-state index in [1.54, 1.807) is 0 Å². The van der Waals surface area contributed by atoms with Crippen molar-refractivity contribution < 1.29 is 0 Å². The smallest absolute Gasteiger partial charge is 0.0110 e. The number of rotatable bonds is 4. The molecule has 78 valence electrons. The number of piperidine rings is 1. The first kappa shape index (κ1) is 11.0. The molecule has 2 nitrogen and oxygen atoms in total. The lowest BCUT2D eigenvalue weighted by Crippen LogP contribution is -2.45. The third-order valence-electron chi connectivity index (χ3n) is 3.33. The van der Waals surface area contributed by atoms with Crippen molar-refractivity contribution in [3.63, 3.8) is 0 Å². The van der Waals surface area contributed by atoms with Crippen LogP contribution in [-0.4, -0.2) is 30.1 Å². The molecule has 1 rings (SSSR count). The Bertz CT molecular complexity index is 134. The summed E-state index contributed by atoms with van der Waals surface area (Å²) in [7, 11) is 0. The van der Waals surface area contributed by atoms with Gasteiger partial charge in [0.15, 0.2) is 0 Å². The molecule has 2 N–H and O–H groups in total. The van der Waals surface area contributed by atoms with E-state index < -0.39 is 0 Å². The molecule has 2 atom stereocenters. The maximum Gasteiger partial charge on any atom is 0.0110 e. The van der Waals surface area contributed by atoms with E-state index in [2.05, 4.69) is 18.7 Å². The highest BCUT2D eigenvalue weighted by molar-refractivity contribution is 4.80. The van der Waals surface area contributed by atoms with Gasteiger partial charge in [0, 0.05) is 12.1 Å². The summed E-state index contributed by atoms with van der Waals surface area (Å²) in [4.78, 5) is 2.66. The van der Waals surface area contributed by atoms with Gasteiger partial charge in [0.1, 0.15) is 0 Å². The standard InChI is InChI=1S/C11H24N2/c1-3-10(2)13-9-5-4-6-11(13)7-8-12/h10-11H,3-9,12H2,1-2H3. The first-order valence-electron chi connectivity index (χ1n) is 5.75. The fourth-order valence-electron chi connectivity index (χ4n) is 2.34. The van der Waals surface area contributed by atoms with Crippen molar-refractivity contribution >= 4 is 0 Å². The minimum Gasteiger partial charge on any atom is -0.330 e. The van der Waals surface area contributed by atoms with Crippen LogP contribution in [0.15, 0.2) is 0 Å². The van der Waals surface area contributed by atoms with Crippen molar-refractivity contribution in [3.05, 3.63) is 0 Å². The van der Waals surface area contributed by atoms with Crippen LogP contribution in [0.2, 0.25) is 0 Å². The lowest BCUT2D eigenvalue weighted by molar-refractivity contribution is 0.0963. The maximum absolute atomic E-state index is 5.64. The highest BCUT2D eigenvalue weighted by Crippen LogP contribution is 2.22. The Hall–Kier alpha value is -0.0800. The Labute approximate surface area is 82.5 Å². The van der Waals surface area contributed by atoms with Crippen molar-refractivity contribution in [2.75, 3.05) is 13.1 Å². The van der Waals surface area contributed by atoms with Crippen LogP contribution in [0.25, 0.3) is 0 Å². The largest absolute Gasteiger partial charge is 0.330 e. The molecule has 1 fully saturated rings. The molecule has 0 aromatic rings. The molecule has 1 saturated heterocycles. The van der Waals surface area contributed by atoms with E-state index in [9.17, 15) is 0 Å². The van der Waals surface area contributed by atoms with Gasteiger partial charge in [0.2, 0.25) is 0 Å². The zero-order valence-corrected chi connectivity index (χ0v) is 9.13. The van der Waals surface area contributed by atoms with Gasteiger partial charge in [-0.15, -0.1) is 0 Å². The zero-order valence-electron chi connectivity index (χ0n) is 9.13. The summed E-state index contributed by atoms with van der Waals surface area (Å²) < 4.78 is 0. The van der Waals surface area contributed by atoms with Crippen LogP contribution in [0.1, 0.15) is 46.0 Å². The van der Waals surface area contributed by atoms with Crippen LogP contribution in [0.5, 0.6) is 0 Å². The van der Waals surface area contributed by atoms with E-state index in [0.29, 0.717) is 0 Å². The van der Waals surface area contributed by atoms with Crippen molar-refractivity contribution in [2.45, 2.75) is 58.0 Å². The first-order valence-corrected chi connectivity index (χ1v) is 5.75. The van der Waals surface area contributed by atoms with Gasteiger partial charge >= 0.3 is 0 Å². The van der Waals surface area contributed by atoms with Crippen LogP contribution >= 0.6 is 0 Å². The summed E-state index contributed by atoms with van der Waals surface area (Å²) in [5, 5.41) is 0. The molecule has 0 radical (unpaired) electrons. The van der Waals surface area contributed by atoms with Crippen molar-refractivity contribution in [2.24, 2.45) is 5.73 Å². The molecule has 0 bridgehead atoms. The van der Waals surface area contributed by atoms with Crippen LogP contribution in [0.3, 0.4) is 0 Å². The lowest BCUT2D eigenvalue weighted by atomic mass is 9.97. The Morgan fingerprint density at radius 3 is 2.85 bits per heavy atom. The zero-order chi connectivity index (χ0) is 9.68. The summed E-state index contributed by atoms with van der Waals surface area (Å²) in [6, 6.07) is 1.52. The van der Waals surface area contributed by atoms with Crippen molar-refractivity contribution in [1.82, 2.24) is 4.90 Å². The van der Waals surface area contributed by atoms with Crippen LogP contribution < -0.4 is 5.73 Å². The van der Waals surface area contributed by atoms with Gasteiger partial charge in [-0.05, 0) is 45.7 Å². The van der Waals surface area contributed by atoms with Gasteiger partial charge in [-0.2, -0.15) is 0 Å². The van der Waals surface area contributed by atoms with E-state index in [1.165, 1.54) is 38.6 Å². The Morgan fingerprint density at radius 1 is 1.46 bits per heavy atom. The molecule has 0 aromatic carbocycles. The topological polar surface area (TPSA) is 29.3 Å². The van der Waals surface area contributed by atoms with Crippen molar-refractivity contribution in [3.8, 4) is 0 Å². The van der Waals surface area contributed by atoms with E-state index in [1.807, 2.05) is 0 Å². The summed E-state index contributed by atoms with van der Waals surface area (Å²) in [5.41, 5.74) is 5.64. The molecule has 13 heavy (non-hydrogen) atoms. The second kappa shape index (κ2) is 5.61. The van der Waals surface area contributed by atoms with Crippen LogP contribution in [0.4, 0.5) is 0 Å². The fourth-order valence-corrected chi connectivity index (χ4v) is 2.34. The average Bonchev–Trinajstić information content (AvgIpc) is 2.18. The van der Waals surface area contributed by atoms with Crippen LogP contribution in [-0.2, 0) is 0 Å². The van der Waals surface area contributed by atoms with Gasteiger partial charge in [-0.25, -0.2) is 0 Å². The quantitative estimate of drug-likeness (QED) is 0.724. The normalized spacial score (nSPS) is 27.5. The Morgan fingerprint density at radius 2 is 2.23 bits per heavy atom. The number of nitrogens with two attached hydrogens (primary N) is 1. The van der Waals surface area contributed by atoms with Crippen LogP contribution in [0, 0.1) is 0 Å². The molecule has 1 heterocycles. The summed E-state index contributed by atoms with van der Waals surface area (Å²) in [6.07, 6.45) is 6.59. The van der Waals surface area contributed by atoms with E-state index in [4.69, 9.17) is 5.73 Å². The third-order valence-corrected chi connectivity index (χ3v) is 3.33. The molecule has 0 aromatic heterocycles. The van der Waals surface area contributed by atoms with Gasteiger partial charge < -0.3 is 5.73 Å². The first-order chi connectivity index (χ1) is 6.29. The summed E-state index contributed by atoms with van der Waals surface area (Å²) in [5.74, 6) is 0. The molecular formula is C11H24N2. The number of likely N-dealkylation sites (tertiary alicyclic amines) is 1. The van der Waals surface area contributed by atoms with Gasteiger partial charge in [0.25, 0.3) is 0 Å². The highest BCUT2D eigenvalue weighted by Gasteiger charge is 2.24. The second-order valence-corrected chi connectivity index (χ2v) is 4.22. The maximum atomic E-state index is 5.64. The van der Waals surface area contributed by atoms with E-state index >= 15 is 0 Å². The Balaban J connectivity index is 2.45. The highest BCUT2D eigenvalue weighted by atomic mass is 15.2. The van der Waals surface area contributed by atoms with Gasteiger partial charge in [0.05, 0.1) is 0 Å². The molecule has 1 aliphatic heterocycles. The third kappa shape index (κ3) is 2.96. The predicted molar refractivity (Wildman–Crippen MR) is 57.8 cm³/mol. The summed E-state index contributed by atoms with van der Waals surface area (Å²) in [6.45, 7) is 6.75. The molecule has 2 unspecified atom stereocenters. The SMILES string of the molecule is CCC(C)N1CCCCC1CCN. The van der Waals surface area contributed by atoms with Crippen molar-refractivity contribution in [1.29, 1.82) is 0 Å². The molecular weight excluding hydrogens is 160 g/mol. The van der Waals surface area contributed by atoms with E-state index in [0.717, 1.165) is 18.6 Å². The molecule has 1 aliphatic rings. The molecule has 0 aliphatic carbocycles. The molecule has 2 heteroatoms. The predicted octanol–water partition coefficient (Wildman–Crippen LogP) is 1.99. The van der Waals surface area contributed by atoms with E-state index in [-0.39, 0.29) is 0 Å². The minimum absolute atomic E-state index is 0.747.